The van der Waals surface area contributed by atoms with Crippen molar-refractivity contribution in [3.63, 3.8) is 0 Å². The largest absolute Gasteiger partial charge is 0.0776 e. The maximum atomic E-state index is 0. The molecule has 0 aromatic carbocycles. The van der Waals surface area contributed by atoms with E-state index in [0.29, 0.717) is 0 Å². The van der Waals surface area contributed by atoms with E-state index in [1.165, 1.54) is 0 Å². The van der Waals surface area contributed by atoms with Crippen molar-refractivity contribution in [2.24, 2.45) is 0 Å². The van der Waals surface area contributed by atoms with Gasteiger partial charge >= 0.3 is 0 Å². The zero-order chi connectivity index (χ0) is 0. The summed E-state index contributed by atoms with van der Waals surface area (Å²) in [5.74, 6) is 0. The van der Waals surface area contributed by atoms with Crippen LogP contribution in [-0.2, 0) is 0 Å². The number of rotatable bonds is 0. The van der Waals surface area contributed by atoms with Gasteiger partial charge in [-0.1, -0.05) is 7.43 Å². The Morgan fingerprint density at radius 1 is 1.00 bits per heavy atom. The molecule has 0 aromatic heterocycles. The topological polar surface area (TPSA) is 0 Å². The minimum atomic E-state index is 0. The molecule has 0 N–H and O–H groups in total. The normalized spacial score (nSPS) is 0. The van der Waals surface area contributed by atoms with Crippen LogP contribution in [0.4, 0.5) is 0 Å². The third-order valence-electron chi connectivity index (χ3n) is 0. The minimum Gasteiger partial charge on any atom is -0.0776 e. The zero-order valence-electron chi connectivity index (χ0n) is 1.45. The summed E-state index contributed by atoms with van der Waals surface area (Å²) in [4.78, 5) is 0. The maximum absolute atomic E-state index is 0. The van der Waals surface area contributed by atoms with Gasteiger partial charge in [-0.05, 0) is 0 Å². The van der Waals surface area contributed by atoms with Gasteiger partial charge in [0.15, 0.2) is 0 Å². The Morgan fingerprint density at radius 3 is 1.00 bits per heavy atom. The molecule has 0 saturated carbocycles. The smallest absolute Gasteiger partial charge is 0 e. The fourth-order valence-electron chi connectivity index (χ4n) is 0. The van der Waals surface area contributed by atoms with Gasteiger partial charge in [0, 0.05) is 46.5 Å². The summed E-state index contributed by atoms with van der Waals surface area (Å²) >= 11 is 0. The summed E-state index contributed by atoms with van der Waals surface area (Å²) in [6.07, 6.45) is 0. The van der Waals surface area contributed by atoms with Gasteiger partial charge in [-0.3, -0.25) is 0 Å². The van der Waals surface area contributed by atoms with Crippen molar-refractivity contribution >= 4 is 46.5 Å². The van der Waals surface area contributed by atoms with E-state index in [1.807, 2.05) is 0 Å². The van der Waals surface area contributed by atoms with Crippen molar-refractivity contribution in [1.82, 2.24) is 0 Å². The predicted octanol–water partition coefficient (Wildman–Crippen LogP) is -0.506. The van der Waals surface area contributed by atoms with Crippen LogP contribution in [0.15, 0.2) is 0 Å². The molecule has 0 aliphatic carbocycles. The maximum Gasteiger partial charge on any atom is 0 e. The Morgan fingerprint density at radius 2 is 1.00 bits per heavy atom. The van der Waals surface area contributed by atoms with Gasteiger partial charge in [0.2, 0.25) is 0 Å². The second-order valence-corrected chi connectivity index (χ2v) is 0. The van der Waals surface area contributed by atoms with Crippen LogP contribution in [0.2, 0.25) is 0 Å². The molecule has 0 spiro atoms. The van der Waals surface area contributed by atoms with Crippen LogP contribution in [0.5, 0.6) is 0 Å². The van der Waals surface area contributed by atoms with E-state index in [1.54, 1.807) is 0 Å². The second-order valence-electron chi connectivity index (χ2n) is 0. The Labute approximate surface area is 54.0 Å². The zero-order valence-corrected chi connectivity index (χ0v) is 6.42. The summed E-state index contributed by atoms with van der Waals surface area (Å²) < 4.78 is 0. The quantitative estimate of drug-likeness (QED) is 0.453. The van der Waals surface area contributed by atoms with Crippen molar-refractivity contribution in [3.05, 3.63) is 0 Å². The van der Waals surface area contributed by atoms with Crippen molar-refractivity contribution in [2.75, 3.05) is 0 Å². The van der Waals surface area contributed by atoms with Crippen LogP contribution >= 0.6 is 0 Å². The molecule has 3 heteroatoms. The van der Waals surface area contributed by atoms with Gasteiger partial charge in [-0.25, -0.2) is 0 Å². The van der Waals surface area contributed by atoms with E-state index in [2.05, 4.69) is 0 Å². The van der Waals surface area contributed by atoms with Crippen LogP contribution in [0.25, 0.3) is 0 Å². The van der Waals surface area contributed by atoms with Crippen LogP contribution < -0.4 is 0 Å². The van der Waals surface area contributed by atoms with Gasteiger partial charge in [-0.2, -0.15) is 0 Å². The average molecular weight is 192 g/mol. The molecule has 0 amide bonds. The Kier molecular flexibility index (Phi) is 390. The van der Waals surface area contributed by atoms with Crippen LogP contribution in [0.1, 0.15) is 7.43 Å². The van der Waals surface area contributed by atoms with E-state index in [4.69, 9.17) is 0 Å². The average Bonchev–Trinajstić information content (AvgIpc) is 0. The van der Waals surface area contributed by atoms with Crippen molar-refractivity contribution in [1.29, 1.82) is 0 Å². The fraction of sp³-hybridized carbons (Fsp3) is 1.00. The second kappa shape index (κ2) is 27.4. The van der Waals surface area contributed by atoms with Crippen molar-refractivity contribution in [3.8, 4) is 0 Å². The molecule has 0 bridgehead atoms. The molecule has 0 heterocycles. The van der Waals surface area contributed by atoms with E-state index in [0.717, 1.165) is 0 Å². The van der Waals surface area contributed by atoms with Crippen LogP contribution in [0, 0.1) is 0 Å². The number of hydrogen-bond acceptors (Lipinski definition) is 0. The standard InChI is InChI=1S/CH4.As.Ge.Si/h1H4;;;. The molecular weight excluding hydrogens is 188 g/mol. The third kappa shape index (κ3) is 10.3. The molecule has 0 saturated heterocycles. The molecule has 0 atom stereocenters. The summed E-state index contributed by atoms with van der Waals surface area (Å²) in [5.41, 5.74) is 0. The van der Waals surface area contributed by atoms with Crippen LogP contribution in [0.3, 0.4) is 0 Å². The first-order chi connectivity index (χ1) is 0. The molecule has 11 radical (unpaired) electrons. The molecule has 0 aliphatic heterocycles. The van der Waals surface area contributed by atoms with Crippen LogP contribution in [-0.4, -0.2) is 46.5 Å². The first-order valence-electron chi connectivity index (χ1n) is 0. The summed E-state index contributed by atoms with van der Waals surface area (Å²) in [6, 6.07) is 0. The van der Waals surface area contributed by atoms with E-state index < -0.39 is 0 Å². The summed E-state index contributed by atoms with van der Waals surface area (Å²) in [6.45, 7) is 0. The summed E-state index contributed by atoms with van der Waals surface area (Å²) in [7, 11) is 0. The molecule has 0 fully saturated rings. The third-order valence-corrected chi connectivity index (χ3v) is 0. The van der Waals surface area contributed by atoms with Gasteiger partial charge in [-0.15, -0.1) is 0 Å². The molecule has 0 nitrogen and oxygen atoms in total. The predicted molar refractivity (Wildman–Crippen MR) is 24.0 cm³/mol. The first kappa shape index (κ1) is 57.1. The molecule has 0 aromatic rings. The number of hydrogen-bond donors (Lipinski definition) is 0. The van der Waals surface area contributed by atoms with Gasteiger partial charge < -0.3 is 0 Å². The van der Waals surface area contributed by atoms with Crippen molar-refractivity contribution < 1.29 is 0 Å². The van der Waals surface area contributed by atoms with E-state index >= 15 is 0 Å². The minimum absolute atomic E-state index is 0. The molecule has 21 valence electrons. The summed E-state index contributed by atoms with van der Waals surface area (Å²) in [5, 5.41) is 0. The monoisotopic (exact) mass is 193 g/mol. The molecule has 4 heavy (non-hydrogen) atoms. The molecule has 0 rings (SSSR count). The van der Waals surface area contributed by atoms with Crippen molar-refractivity contribution in [2.45, 2.75) is 7.43 Å². The molecular formula is CH4AsGeSi. The van der Waals surface area contributed by atoms with E-state index in [-0.39, 0.29) is 53.9 Å². The van der Waals surface area contributed by atoms with Gasteiger partial charge in [0.05, 0.1) is 0 Å². The van der Waals surface area contributed by atoms with E-state index in [9.17, 15) is 0 Å². The molecule has 0 aliphatic rings. The molecule has 0 unspecified atom stereocenters. The Balaban J connectivity index is 0. The Bertz CT molecular complexity index is 8.00. The van der Waals surface area contributed by atoms with Gasteiger partial charge in [0.1, 0.15) is 0 Å². The first-order valence-corrected chi connectivity index (χ1v) is 0. The Hall–Kier alpha value is 1.32. The SMILES string of the molecule is C.[As].[Ge].[Si]. The fourth-order valence-corrected chi connectivity index (χ4v) is 0. The van der Waals surface area contributed by atoms with Gasteiger partial charge in [0.25, 0.3) is 0 Å².